The largest absolute Gasteiger partial charge is 0.492 e. The summed E-state index contributed by atoms with van der Waals surface area (Å²) in [5.41, 5.74) is 5.84. The molecule has 5 heteroatoms. The highest BCUT2D eigenvalue weighted by Crippen LogP contribution is 2.35. The topological polar surface area (TPSA) is 57.0 Å². The van der Waals surface area contributed by atoms with E-state index in [1.165, 1.54) is 12.8 Å². The Morgan fingerprint density at radius 3 is 2.79 bits per heavy atom. The monoisotopic (exact) mass is 264 g/mol. The molecule has 3 rings (SSSR count). The van der Waals surface area contributed by atoms with Crippen LogP contribution in [0.5, 0.6) is 17.2 Å². The number of likely N-dealkylation sites (tertiary alicyclic amines) is 1. The number of nitrogens with zero attached hydrogens (tertiary/aromatic N) is 1. The van der Waals surface area contributed by atoms with Crippen LogP contribution in [0, 0.1) is 0 Å². The fraction of sp³-hybridized carbons (Fsp3) is 0.571. The van der Waals surface area contributed by atoms with Gasteiger partial charge < -0.3 is 19.9 Å². The molecule has 2 heterocycles. The first kappa shape index (κ1) is 12.6. The van der Waals surface area contributed by atoms with Gasteiger partial charge in [-0.25, -0.2) is 0 Å². The number of benzene rings is 1. The molecule has 0 aliphatic carbocycles. The maximum atomic E-state index is 5.84. The Labute approximate surface area is 113 Å². The van der Waals surface area contributed by atoms with Crippen molar-refractivity contribution >= 4 is 0 Å². The van der Waals surface area contributed by atoms with Crippen molar-refractivity contribution in [2.24, 2.45) is 5.73 Å². The number of rotatable bonds is 5. The van der Waals surface area contributed by atoms with Gasteiger partial charge in [-0.2, -0.15) is 0 Å². The Hall–Kier alpha value is -1.46. The SMILES string of the molecule is NCC(COc1ccc2c(c1)OCO2)N1CCCC1. The highest BCUT2D eigenvalue weighted by Gasteiger charge is 2.21. The quantitative estimate of drug-likeness (QED) is 0.866. The molecule has 0 aromatic heterocycles. The van der Waals surface area contributed by atoms with E-state index in [0.29, 0.717) is 19.2 Å². The van der Waals surface area contributed by atoms with Crippen LogP contribution in [0.1, 0.15) is 12.8 Å². The summed E-state index contributed by atoms with van der Waals surface area (Å²) >= 11 is 0. The predicted molar refractivity (Wildman–Crippen MR) is 71.7 cm³/mol. The lowest BCUT2D eigenvalue weighted by Crippen LogP contribution is -2.42. The van der Waals surface area contributed by atoms with Crippen molar-refractivity contribution in [3.63, 3.8) is 0 Å². The first-order valence-electron chi connectivity index (χ1n) is 6.83. The number of fused-ring (bicyclic) bond motifs is 1. The summed E-state index contributed by atoms with van der Waals surface area (Å²) < 4.78 is 16.4. The summed E-state index contributed by atoms with van der Waals surface area (Å²) in [6, 6.07) is 5.96. The average Bonchev–Trinajstić information content (AvgIpc) is 3.10. The van der Waals surface area contributed by atoms with Crippen LogP contribution in [0.15, 0.2) is 18.2 Å². The zero-order valence-electron chi connectivity index (χ0n) is 11.0. The molecule has 1 unspecified atom stereocenters. The fourth-order valence-electron chi connectivity index (χ4n) is 2.59. The number of hydrogen-bond acceptors (Lipinski definition) is 5. The molecular formula is C14H20N2O3. The number of ether oxygens (including phenoxy) is 3. The van der Waals surface area contributed by atoms with E-state index in [-0.39, 0.29) is 6.79 Å². The van der Waals surface area contributed by atoms with Gasteiger partial charge in [0.05, 0.1) is 6.04 Å². The van der Waals surface area contributed by atoms with Crippen molar-refractivity contribution in [3.8, 4) is 17.2 Å². The molecule has 1 saturated heterocycles. The van der Waals surface area contributed by atoms with Crippen molar-refractivity contribution in [2.75, 3.05) is 33.0 Å². The summed E-state index contributed by atoms with van der Waals surface area (Å²) in [5.74, 6) is 2.34. The lowest BCUT2D eigenvalue weighted by atomic mass is 10.2. The van der Waals surface area contributed by atoms with Gasteiger partial charge in [-0.1, -0.05) is 0 Å². The zero-order valence-corrected chi connectivity index (χ0v) is 11.0. The fourth-order valence-corrected chi connectivity index (χ4v) is 2.59. The molecule has 1 aromatic rings. The third-order valence-corrected chi connectivity index (χ3v) is 3.72. The van der Waals surface area contributed by atoms with E-state index < -0.39 is 0 Å². The third-order valence-electron chi connectivity index (χ3n) is 3.72. The van der Waals surface area contributed by atoms with E-state index in [9.17, 15) is 0 Å². The second-order valence-electron chi connectivity index (χ2n) is 4.96. The van der Waals surface area contributed by atoms with Crippen LogP contribution < -0.4 is 19.9 Å². The van der Waals surface area contributed by atoms with Crippen molar-refractivity contribution < 1.29 is 14.2 Å². The Morgan fingerprint density at radius 1 is 1.21 bits per heavy atom. The van der Waals surface area contributed by atoms with Gasteiger partial charge in [0.1, 0.15) is 12.4 Å². The average molecular weight is 264 g/mol. The van der Waals surface area contributed by atoms with Gasteiger partial charge in [0.15, 0.2) is 11.5 Å². The summed E-state index contributed by atoms with van der Waals surface area (Å²) in [6.45, 7) is 3.80. The molecule has 19 heavy (non-hydrogen) atoms. The van der Waals surface area contributed by atoms with E-state index in [0.717, 1.165) is 30.3 Å². The Morgan fingerprint density at radius 2 is 2.00 bits per heavy atom. The van der Waals surface area contributed by atoms with Crippen molar-refractivity contribution in [2.45, 2.75) is 18.9 Å². The van der Waals surface area contributed by atoms with E-state index in [2.05, 4.69) is 4.90 Å². The summed E-state index contributed by atoms with van der Waals surface area (Å²) in [5, 5.41) is 0. The maximum absolute atomic E-state index is 5.84. The standard InChI is InChI=1S/C14H20N2O3/c15-8-11(16-5-1-2-6-16)9-17-12-3-4-13-14(7-12)19-10-18-13/h3-4,7,11H,1-2,5-6,8-10,15H2. The van der Waals surface area contributed by atoms with Crippen LogP contribution in [0.2, 0.25) is 0 Å². The molecular weight excluding hydrogens is 244 g/mol. The smallest absolute Gasteiger partial charge is 0.231 e. The normalized spacial score (nSPS) is 19.6. The van der Waals surface area contributed by atoms with Gasteiger partial charge >= 0.3 is 0 Å². The van der Waals surface area contributed by atoms with Crippen LogP contribution in [0.4, 0.5) is 0 Å². The molecule has 2 aliphatic rings. The molecule has 1 aromatic carbocycles. The van der Waals surface area contributed by atoms with Crippen LogP contribution in [0.25, 0.3) is 0 Å². The Bertz CT molecular complexity index is 433. The minimum Gasteiger partial charge on any atom is -0.492 e. The van der Waals surface area contributed by atoms with Gasteiger partial charge in [-0.05, 0) is 38.1 Å². The van der Waals surface area contributed by atoms with Crippen molar-refractivity contribution in [3.05, 3.63) is 18.2 Å². The highest BCUT2D eigenvalue weighted by molar-refractivity contribution is 5.46. The molecule has 0 radical (unpaired) electrons. The van der Waals surface area contributed by atoms with E-state index in [1.54, 1.807) is 0 Å². The molecule has 0 amide bonds. The second-order valence-corrected chi connectivity index (χ2v) is 4.96. The lowest BCUT2D eigenvalue weighted by molar-refractivity contribution is 0.163. The first-order chi connectivity index (χ1) is 9.36. The molecule has 5 nitrogen and oxygen atoms in total. The maximum Gasteiger partial charge on any atom is 0.231 e. The summed E-state index contributed by atoms with van der Waals surface area (Å²) in [4.78, 5) is 2.41. The van der Waals surface area contributed by atoms with Crippen molar-refractivity contribution in [1.82, 2.24) is 4.90 Å². The van der Waals surface area contributed by atoms with Crippen LogP contribution in [0.3, 0.4) is 0 Å². The summed E-state index contributed by atoms with van der Waals surface area (Å²) in [6.07, 6.45) is 2.53. The Balaban J connectivity index is 1.58. The number of hydrogen-bond donors (Lipinski definition) is 1. The van der Waals surface area contributed by atoms with Gasteiger partial charge in [0.25, 0.3) is 0 Å². The van der Waals surface area contributed by atoms with Gasteiger partial charge in [0, 0.05) is 12.6 Å². The molecule has 0 saturated carbocycles. The minimum atomic E-state index is 0.290. The van der Waals surface area contributed by atoms with Gasteiger partial charge in [0.2, 0.25) is 6.79 Å². The van der Waals surface area contributed by atoms with E-state index in [1.807, 2.05) is 18.2 Å². The summed E-state index contributed by atoms with van der Waals surface area (Å²) in [7, 11) is 0. The van der Waals surface area contributed by atoms with Gasteiger partial charge in [-0.3, -0.25) is 4.90 Å². The zero-order chi connectivity index (χ0) is 13.1. The van der Waals surface area contributed by atoms with Crippen molar-refractivity contribution in [1.29, 1.82) is 0 Å². The number of nitrogens with two attached hydrogens (primary N) is 1. The Kier molecular flexibility index (Phi) is 3.75. The molecule has 2 aliphatic heterocycles. The molecule has 2 N–H and O–H groups in total. The third kappa shape index (κ3) is 2.77. The van der Waals surface area contributed by atoms with Crippen LogP contribution in [-0.4, -0.2) is 44.0 Å². The molecule has 1 fully saturated rings. The highest BCUT2D eigenvalue weighted by atomic mass is 16.7. The van der Waals surface area contributed by atoms with Gasteiger partial charge in [-0.15, -0.1) is 0 Å². The molecule has 0 spiro atoms. The lowest BCUT2D eigenvalue weighted by Gasteiger charge is -2.26. The second kappa shape index (κ2) is 5.67. The first-order valence-corrected chi connectivity index (χ1v) is 6.83. The molecule has 1 atom stereocenters. The molecule has 104 valence electrons. The van der Waals surface area contributed by atoms with E-state index >= 15 is 0 Å². The van der Waals surface area contributed by atoms with E-state index in [4.69, 9.17) is 19.9 Å². The van der Waals surface area contributed by atoms with Crippen LogP contribution >= 0.6 is 0 Å². The van der Waals surface area contributed by atoms with Crippen LogP contribution in [-0.2, 0) is 0 Å². The molecule has 0 bridgehead atoms. The predicted octanol–water partition coefficient (Wildman–Crippen LogP) is 1.22. The minimum absolute atomic E-state index is 0.290.